The van der Waals surface area contributed by atoms with Gasteiger partial charge in [0.1, 0.15) is 0 Å². The van der Waals surface area contributed by atoms with Crippen molar-refractivity contribution < 1.29 is 0 Å². The van der Waals surface area contributed by atoms with Crippen LogP contribution in [0.3, 0.4) is 0 Å². The Morgan fingerprint density at radius 2 is 2.20 bits per heavy atom. The van der Waals surface area contributed by atoms with Crippen LogP contribution in [0.5, 0.6) is 0 Å². The van der Waals surface area contributed by atoms with E-state index in [-0.39, 0.29) is 0 Å². The Labute approximate surface area is 62.3 Å². The second-order valence-electron chi connectivity index (χ2n) is 2.64. The number of hydrogen-bond donors (Lipinski definition) is 0. The lowest BCUT2D eigenvalue weighted by Gasteiger charge is -2.14. The zero-order valence-electron chi connectivity index (χ0n) is 6.30. The van der Waals surface area contributed by atoms with Crippen molar-refractivity contribution >= 4 is 0 Å². The highest BCUT2D eigenvalue weighted by Crippen LogP contribution is 2.22. The molecule has 0 radical (unpaired) electrons. The second-order valence-corrected chi connectivity index (χ2v) is 2.64. The molecular weight excluding hydrogens is 120 g/mol. The molecule has 0 saturated heterocycles. The minimum Gasteiger partial charge on any atom is -0.0992 e. The van der Waals surface area contributed by atoms with E-state index in [0.717, 1.165) is 11.1 Å². The van der Waals surface area contributed by atoms with Crippen molar-refractivity contribution in [3.63, 3.8) is 0 Å². The first-order valence-electron chi connectivity index (χ1n) is 3.41. The Hall–Kier alpha value is -1.04. The van der Waals surface area contributed by atoms with E-state index in [1.807, 2.05) is 25.2 Å². The quantitative estimate of drug-likeness (QED) is 0.481. The van der Waals surface area contributed by atoms with Gasteiger partial charge in [0, 0.05) is 5.92 Å². The molecule has 1 unspecified atom stereocenters. The lowest BCUT2D eigenvalue weighted by molar-refractivity contribution is 0.922. The molecule has 0 heteroatoms. The molecule has 0 saturated carbocycles. The van der Waals surface area contributed by atoms with Gasteiger partial charge in [0.15, 0.2) is 0 Å². The zero-order valence-corrected chi connectivity index (χ0v) is 6.30. The topological polar surface area (TPSA) is 0 Å². The first-order valence-corrected chi connectivity index (χ1v) is 3.41. The van der Waals surface area contributed by atoms with Gasteiger partial charge in [-0.25, -0.2) is 0 Å². The molecule has 52 valence electrons. The fourth-order valence-electron chi connectivity index (χ4n) is 1.06. The lowest BCUT2D eigenvalue weighted by atomic mass is 9.90. The predicted octanol–water partition coefficient (Wildman–Crippen LogP) is 2.86. The van der Waals surface area contributed by atoms with Crippen LogP contribution in [0, 0.1) is 5.92 Å². The molecule has 1 aliphatic rings. The molecule has 0 aromatic carbocycles. The smallest absolute Gasteiger partial charge is 0.0220 e. The van der Waals surface area contributed by atoms with Crippen LogP contribution in [0.1, 0.15) is 6.92 Å². The third kappa shape index (κ3) is 1.27. The van der Waals surface area contributed by atoms with Crippen molar-refractivity contribution in [2.45, 2.75) is 6.92 Å². The maximum atomic E-state index is 3.92. The number of hydrogen-bond acceptors (Lipinski definition) is 0. The van der Waals surface area contributed by atoms with Crippen molar-refractivity contribution in [2.75, 3.05) is 0 Å². The monoisotopic (exact) mass is 132 g/mol. The van der Waals surface area contributed by atoms with Crippen LogP contribution in [0.15, 0.2) is 48.6 Å². The first kappa shape index (κ1) is 7.07. The predicted molar refractivity (Wildman–Crippen MR) is 45.7 cm³/mol. The van der Waals surface area contributed by atoms with E-state index in [9.17, 15) is 0 Å². The minimum atomic E-state index is 0.366. The van der Waals surface area contributed by atoms with Crippen LogP contribution in [-0.2, 0) is 0 Å². The molecule has 0 aromatic rings. The van der Waals surface area contributed by atoms with Gasteiger partial charge in [0.25, 0.3) is 0 Å². The molecule has 0 aromatic heterocycles. The summed E-state index contributed by atoms with van der Waals surface area (Å²) in [6.45, 7) is 9.83. The van der Waals surface area contributed by atoms with Crippen LogP contribution in [0.4, 0.5) is 0 Å². The molecule has 0 heterocycles. The molecule has 0 fully saturated rings. The standard InChI is InChI=1S/C10H12/c1-8(2)10-7-5-4-6-9(10)3/h4-7,10H,1,3H2,2H3. The van der Waals surface area contributed by atoms with Crippen LogP contribution in [0.25, 0.3) is 0 Å². The Morgan fingerprint density at radius 1 is 1.50 bits per heavy atom. The molecule has 10 heavy (non-hydrogen) atoms. The van der Waals surface area contributed by atoms with Gasteiger partial charge >= 0.3 is 0 Å². The van der Waals surface area contributed by atoms with E-state index < -0.39 is 0 Å². The van der Waals surface area contributed by atoms with Gasteiger partial charge in [0.05, 0.1) is 0 Å². The average Bonchev–Trinajstić information content (AvgIpc) is 1.88. The van der Waals surface area contributed by atoms with Gasteiger partial charge in [-0.3, -0.25) is 0 Å². The summed E-state index contributed by atoms with van der Waals surface area (Å²) in [6.07, 6.45) is 8.18. The number of rotatable bonds is 1. The van der Waals surface area contributed by atoms with Gasteiger partial charge in [-0.1, -0.05) is 43.0 Å². The summed E-state index contributed by atoms with van der Waals surface area (Å²) in [5.41, 5.74) is 2.29. The Morgan fingerprint density at radius 3 is 2.60 bits per heavy atom. The van der Waals surface area contributed by atoms with Crippen molar-refractivity contribution in [1.29, 1.82) is 0 Å². The Bertz CT molecular complexity index is 216. The van der Waals surface area contributed by atoms with Crippen LogP contribution >= 0.6 is 0 Å². The van der Waals surface area contributed by atoms with Crippen molar-refractivity contribution in [3.8, 4) is 0 Å². The van der Waals surface area contributed by atoms with E-state index in [4.69, 9.17) is 0 Å². The maximum Gasteiger partial charge on any atom is 0.0220 e. The molecule has 0 spiro atoms. The van der Waals surface area contributed by atoms with E-state index in [2.05, 4.69) is 19.2 Å². The first-order chi connectivity index (χ1) is 4.72. The van der Waals surface area contributed by atoms with Crippen LogP contribution in [-0.4, -0.2) is 0 Å². The largest absolute Gasteiger partial charge is 0.0992 e. The summed E-state index contributed by atoms with van der Waals surface area (Å²) in [5, 5.41) is 0. The number of allylic oxidation sites excluding steroid dienone is 6. The highest BCUT2D eigenvalue weighted by Gasteiger charge is 2.08. The Kier molecular flexibility index (Phi) is 1.91. The van der Waals surface area contributed by atoms with E-state index in [1.165, 1.54) is 0 Å². The third-order valence-corrected chi connectivity index (χ3v) is 1.66. The highest BCUT2D eigenvalue weighted by atomic mass is 14.1. The van der Waals surface area contributed by atoms with E-state index >= 15 is 0 Å². The van der Waals surface area contributed by atoms with Crippen molar-refractivity contribution in [3.05, 3.63) is 48.6 Å². The minimum absolute atomic E-state index is 0.366. The van der Waals surface area contributed by atoms with Gasteiger partial charge in [0.2, 0.25) is 0 Å². The summed E-state index contributed by atoms with van der Waals surface area (Å²) in [5.74, 6) is 0.366. The summed E-state index contributed by atoms with van der Waals surface area (Å²) >= 11 is 0. The maximum absolute atomic E-state index is 3.92. The second kappa shape index (κ2) is 2.70. The Balaban J connectivity index is 2.80. The molecule has 0 bridgehead atoms. The normalized spacial score (nSPS) is 23.3. The molecule has 0 nitrogen and oxygen atoms in total. The lowest BCUT2D eigenvalue weighted by Crippen LogP contribution is -2.00. The summed E-state index contributed by atoms with van der Waals surface area (Å²) < 4.78 is 0. The molecular formula is C10H12. The third-order valence-electron chi connectivity index (χ3n) is 1.66. The fraction of sp³-hybridized carbons (Fsp3) is 0.200. The average molecular weight is 132 g/mol. The summed E-state index contributed by atoms with van der Waals surface area (Å²) in [4.78, 5) is 0. The molecule has 0 N–H and O–H groups in total. The van der Waals surface area contributed by atoms with Gasteiger partial charge in [-0.05, 0) is 12.5 Å². The van der Waals surface area contributed by atoms with Gasteiger partial charge in [-0.2, -0.15) is 0 Å². The molecule has 1 atom stereocenters. The molecule has 0 amide bonds. The fourth-order valence-corrected chi connectivity index (χ4v) is 1.06. The van der Waals surface area contributed by atoms with Gasteiger partial charge < -0.3 is 0 Å². The van der Waals surface area contributed by atoms with Crippen molar-refractivity contribution in [2.24, 2.45) is 5.92 Å². The van der Waals surface area contributed by atoms with Crippen LogP contribution < -0.4 is 0 Å². The van der Waals surface area contributed by atoms with E-state index in [0.29, 0.717) is 5.92 Å². The molecule has 0 aliphatic heterocycles. The summed E-state index contributed by atoms with van der Waals surface area (Å²) in [7, 11) is 0. The SMILES string of the molecule is C=C(C)C1C=CC=CC1=C. The van der Waals surface area contributed by atoms with Gasteiger partial charge in [-0.15, -0.1) is 0 Å². The highest BCUT2D eigenvalue weighted by molar-refractivity contribution is 5.36. The molecule has 1 rings (SSSR count). The zero-order chi connectivity index (χ0) is 7.56. The van der Waals surface area contributed by atoms with Crippen LogP contribution in [0.2, 0.25) is 0 Å². The van der Waals surface area contributed by atoms with E-state index in [1.54, 1.807) is 0 Å². The van der Waals surface area contributed by atoms with Crippen molar-refractivity contribution in [1.82, 2.24) is 0 Å². The molecule has 1 aliphatic carbocycles. The summed E-state index contributed by atoms with van der Waals surface area (Å²) in [6, 6.07) is 0.